The molecule has 0 aromatic carbocycles. The zero-order valence-corrected chi connectivity index (χ0v) is 12.8. The number of ether oxygens (including phenoxy) is 1. The predicted octanol–water partition coefficient (Wildman–Crippen LogP) is 1.60. The summed E-state index contributed by atoms with van der Waals surface area (Å²) in [6.45, 7) is 3.14. The molecule has 3 aliphatic rings. The number of carbonyl (C=O) groups excluding carboxylic acids is 1. The molecule has 0 aromatic rings. The number of carbonyl (C=O) groups is 1. The Labute approximate surface area is 124 Å². The smallest absolute Gasteiger partial charge is 0.249 e. The van der Waals surface area contributed by atoms with Crippen LogP contribution in [0.15, 0.2) is 0 Å². The summed E-state index contributed by atoms with van der Waals surface area (Å²) in [6, 6.07) is 0. The number of nitrogens with zero attached hydrogens (tertiary/aromatic N) is 2. The first-order valence-electron chi connectivity index (χ1n) is 7.72. The molecule has 0 bridgehead atoms. The Morgan fingerprint density at radius 3 is 2.52 bits per heavy atom. The van der Waals surface area contributed by atoms with Crippen molar-refractivity contribution in [1.29, 1.82) is 0 Å². The van der Waals surface area contributed by atoms with Crippen LogP contribution in [-0.2, 0) is 9.53 Å². The summed E-state index contributed by atoms with van der Waals surface area (Å²) in [7, 11) is 3.82. The molecule has 0 unspecified atom stereocenters. The minimum absolute atomic E-state index is 0.0450. The molecule has 6 heteroatoms. The first kappa shape index (κ1) is 15.2. The van der Waals surface area contributed by atoms with Crippen LogP contribution in [0.25, 0.3) is 0 Å². The van der Waals surface area contributed by atoms with Crippen LogP contribution in [-0.4, -0.2) is 67.6 Å². The molecule has 21 heavy (non-hydrogen) atoms. The normalized spacial score (nSPS) is 31.8. The van der Waals surface area contributed by atoms with Gasteiger partial charge in [0.25, 0.3) is 0 Å². The van der Waals surface area contributed by atoms with Crippen LogP contribution in [0.5, 0.6) is 0 Å². The number of rotatable bonds is 3. The quantitative estimate of drug-likeness (QED) is 0.794. The Morgan fingerprint density at radius 1 is 1.29 bits per heavy atom. The maximum atomic E-state index is 12.9. The Hall–Kier alpha value is -0.750. The number of likely N-dealkylation sites (tertiary alicyclic amines) is 2. The van der Waals surface area contributed by atoms with Crippen LogP contribution in [0.1, 0.15) is 25.7 Å². The van der Waals surface area contributed by atoms with Gasteiger partial charge in [-0.1, -0.05) is 0 Å². The largest absolute Gasteiger partial charge is 0.384 e. The topological polar surface area (TPSA) is 32.8 Å². The fraction of sp³-hybridized carbons (Fsp3) is 0.933. The van der Waals surface area contributed by atoms with E-state index in [0.717, 1.165) is 26.0 Å². The van der Waals surface area contributed by atoms with Crippen LogP contribution >= 0.6 is 0 Å². The van der Waals surface area contributed by atoms with Crippen LogP contribution in [0, 0.1) is 11.8 Å². The third-order valence-electron chi connectivity index (χ3n) is 5.47. The average Bonchev–Trinajstić information content (AvgIpc) is 2.35. The van der Waals surface area contributed by atoms with Crippen molar-refractivity contribution in [2.24, 2.45) is 11.8 Å². The fourth-order valence-corrected chi connectivity index (χ4v) is 4.07. The van der Waals surface area contributed by atoms with E-state index in [4.69, 9.17) is 4.74 Å². The van der Waals surface area contributed by atoms with Crippen molar-refractivity contribution in [3.63, 3.8) is 0 Å². The molecule has 1 aliphatic carbocycles. The lowest BCUT2D eigenvalue weighted by atomic mass is 9.73. The Morgan fingerprint density at radius 2 is 1.95 bits per heavy atom. The molecule has 3 fully saturated rings. The first-order chi connectivity index (χ1) is 9.85. The van der Waals surface area contributed by atoms with Crippen molar-refractivity contribution in [3.8, 4) is 0 Å². The van der Waals surface area contributed by atoms with Gasteiger partial charge in [0, 0.05) is 45.6 Å². The third-order valence-corrected chi connectivity index (χ3v) is 5.47. The van der Waals surface area contributed by atoms with Crippen molar-refractivity contribution in [1.82, 2.24) is 9.80 Å². The molecule has 4 nitrogen and oxygen atoms in total. The highest BCUT2D eigenvalue weighted by molar-refractivity contribution is 5.81. The van der Waals surface area contributed by atoms with Gasteiger partial charge in [-0.3, -0.25) is 9.69 Å². The molecule has 1 amide bonds. The number of methoxy groups -OCH3 is 1. The van der Waals surface area contributed by atoms with Gasteiger partial charge >= 0.3 is 0 Å². The van der Waals surface area contributed by atoms with E-state index in [-0.39, 0.29) is 24.3 Å². The number of likely N-dealkylation sites (N-methyl/N-ethyl adjacent to an activating group) is 1. The van der Waals surface area contributed by atoms with E-state index in [9.17, 15) is 13.6 Å². The summed E-state index contributed by atoms with van der Waals surface area (Å²) < 4.78 is 31.0. The van der Waals surface area contributed by atoms with E-state index in [2.05, 4.69) is 11.9 Å². The monoisotopic (exact) mass is 302 g/mol. The third kappa shape index (κ3) is 2.68. The Kier molecular flexibility index (Phi) is 3.72. The summed E-state index contributed by atoms with van der Waals surface area (Å²) >= 11 is 0. The van der Waals surface area contributed by atoms with Crippen molar-refractivity contribution < 1.29 is 18.3 Å². The van der Waals surface area contributed by atoms with Gasteiger partial charge in [-0.2, -0.15) is 0 Å². The van der Waals surface area contributed by atoms with Gasteiger partial charge in [-0.25, -0.2) is 8.78 Å². The lowest BCUT2D eigenvalue weighted by Crippen LogP contribution is -2.73. The van der Waals surface area contributed by atoms with Gasteiger partial charge in [0.15, 0.2) is 0 Å². The van der Waals surface area contributed by atoms with E-state index in [1.165, 1.54) is 0 Å². The zero-order chi connectivity index (χ0) is 15.3. The van der Waals surface area contributed by atoms with Gasteiger partial charge in [-0.15, -0.1) is 0 Å². The standard InChI is InChI=1S/C15H24F2N2O2/c1-18-4-3-11(8-21-2)5-14(18)9-19(10-14)13(20)12-6-15(16,17)7-12/h11-12H,3-10H2,1-2H3/t11-/m0/s1. The molecule has 0 N–H and O–H groups in total. The average molecular weight is 302 g/mol. The second-order valence-corrected chi connectivity index (χ2v) is 7.12. The SMILES string of the molecule is COC[C@H]1CCN(C)C2(C1)CN(C(=O)C1CC(F)(F)C1)C2. The minimum Gasteiger partial charge on any atom is -0.384 e. The molecule has 0 radical (unpaired) electrons. The maximum absolute atomic E-state index is 12.9. The molecular formula is C15H24F2N2O2. The van der Waals surface area contributed by atoms with Crippen molar-refractivity contribution in [3.05, 3.63) is 0 Å². The summed E-state index contributed by atoms with van der Waals surface area (Å²) in [5.41, 5.74) is 0.0450. The molecule has 1 atom stereocenters. The molecule has 1 spiro atoms. The van der Waals surface area contributed by atoms with Gasteiger partial charge in [-0.05, 0) is 32.4 Å². The van der Waals surface area contributed by atoms with E-state index >= 15 is 0 Å². The number of alkyl halides is 2. The zero-order valence-electron chi connectivity index (χ0n) is 12.8. The Bertz CT molecular complexity index is 416. The molecule has 3 rings (SSSR count). The lowest BCUT2D eigenvalue weighted by molar-refractivity contribution is -0.175. The molecule has 2 aliphatic heterocycles. The van der Waals surface area contributed by atoms with Gasteiger partial charge < -0.3 is 9.64 Å². The maximum Gasteiger partial charge on any atom is 0.249 e. The summed E-state index contributed by atoms with van der Waals surface area (Å²) in [6.07, 6.45) is 1.62. The molecule has 1 saturated carbocycles. The number of piperidine rings is 1. The number of amides is 1. The summed E-state index contributed by atoms with van der Waals surface area (Å²) in [5, 5.41) is 0. The number of halogens is 2. The molecule has 120 valence electrons. The highest BCUT2D eigenvalue weighted by atomic mass is 19.3. The molecule has 2 heterocycles. The molecular weight excluding hydrogens is 278 g/mol. The molecule has 0 aromatic heterocycles. The van der Waals surface area contributed by atoms with Crippen molar-refractivity contribution >= 4 is 5.91 Å². The highest BCUT2D eigenvalue weighted by Gasteiger charge is 2.55. The van der Waals surface area contributed by atoms with Crippen molar-refractivity contribution in [2.75, 3.05) is 40.4 Å². The van der Waals surface area contributed by atoms with Gasteiger partial charge in [0.05, 0.1) is 5.54 Å². The van der Waals surface area contributed by atoms with E-state index in [0.29, 0.717) is 19.0 Å². The van der Waals surface area contributed by atoms with E-state index in [1.807, 2.05) is 0 Å². The number of hydrogen-bond donors (Lipinski definition) is 0. The second kappa shape index (κ2) is 5.16. The van der Waals surface area contributed by atoms with E-state index < -0.39 is 11.8 Å². The van der Waals surface area contributed by atoms with Crippen LogP contribution in [0.4, 0.5) is 8.78 Å². The van der Waals surface area contributed by atoms with Crippen LogP contribution < -0.4 is 0 Å². The predicted molar refractivity (Wildman–Crippen MR) is 74.2 cm³/mol. The lowest BCUT2D eigenvalue weighted by Gasteiger charge is -2.59. The summed E-state index contributed by atoms with van der Waals surface area (Å²) in [5.74, 6) is -2.61. The van der Waals surface area contributed by atoms with Crippen LogP contribution in [0.3, 0.4) is 0 Å². The van der Waals surface area contributed by atoms with Gasteiger partial charge in [0.2, 0.25) is 11.8 Å². The fourth-order valence-electron chi connectivity index (χ4n) is 4.07. The molecule has 2 saturated heterocycles. The van der Waals surface area contributed by atoms with Gasteiger partial charge in [0.1, 0.15) is 0 Å². The second-order valence-electron chi connectivity index (χ2n) is 7.12. The number of hydrogen-bond acceptors (Lipinski definition) is 3. The van der Waals surface area contributed by atoms with E-state index in [1.54, 1.807) is 12.0 Å². The van der Waals surface area contributed by atoms with Crippen LogP contribution in [0.2, 0.25) is 0 Å². The minimum atomic E-state index is -2.62. The summed E-state index contributed by atoms with van der Waals surface area (Å²) in [4.78, 5) is 16.3. The highest BCUT2D eigenvalue weighted by Crippen LogP contribution is 2.45. The first-order valence-corrected chi connectivity index (χ1v) is 7.72. The Balaban J connectivity index is 1.54. The van der Waals surface area contributed by atoms with Crippen molar-refractivity contribution in [2.45, 2.75) is 37.1 Å².